The van der Waals surface area contributed by atoms with Crippen LogP contribution in [0.4, 0.5) is 0 Å². The maximum Gasteiger partial charge on any atom is 0.179 e. The molecule has 0 aliphatic carbocycles. The van der Waals surface area contributed by atoms with Gasteiger partial charge in [0, 0.05) is 32.7 Å². The summed E-state index contributed by atoms with van der Waals surface area (Å²) in [5, 5.41) is 10.3. The number of benzene rings is 11. The second kappa shape index (κ2) is 16.8. The molecule has 0 unspecified atom stereocenters. The second-order valence-corrected chi connectivity index (χ2v) is 21.8. The van der Waals surface area contributed by atoms with Gasteiger partial charge in [0.2, 0.25) is 0 Å². The fourth-order valence-corrected chi connectivity index (χ4v) is 16.1. The van der Waals surface area contributed by atoms with E-state index in [4.69, 9.17) is 0 Å². The summed E-state index contributed by atoms with van der Waals surface area (Å²) in [7, 11) is -3.08. The molecule has 2 heterocycles. The number of para-hydroxylation sites is 3. The third-order valence-corrected chi connectivity index (χ3v) is 19.0. The van der Waals surface area contributed by atoms with Gasteiger partial charge in [0.25, 0.3) is 0 Å². The van der Waals surface area contributed by atoms with Crippen LogP contribution in [0.15, 0.2) is 279 Å². The number of fused-ring (bicyclic) bond motifs is 6. The molecule has 0 spiro atoms. The van der Waals surface area contributed by atoms with Crippen LogP contribution in [0.1, 0.15) is 0 Å². The van der Waals surface area contributed by atoms with Gasteiger partial charge < -0.3 is 9.13 Å². The molecule has 13 aromatic rings. The van der Waals surface area contributed by atoms with Crippen LogP contribution in [-0.2, 0) is 0 Å². The van der Waals surface area contributed by atoms with Crippen LogP contribution in [0.5, 0.6) is 0 Å². The maximum atomic E-state index is 2.57. The molecule has 2 nitrogen and oxygen atoms in total. The summed E-state index contributed by atoms with van der Waals surface area (Å²) < 4.78 is 5.05. The third-order valence-electron chi connectivity index (χ3n) is 14.3. The summed E-state index contributed by atoms with van der Waals surface area (Å²) in [4.78, 5) is 0. The van der Waals surface area contributed by atoms with Gasteiger partial charge in [-0.2, -0.15) is 0 Å². The Kier molecular flexibility index (Phi) is 9.88. The topological polar surface area (TPSA) is 9.86 Å². The molecule has 0 N–H and O–H groups in total. The molecule has 0 radical (unpaired) electrons. The molecule has 11 aromatic carbocycles. The summed E-state index contributed by atoms with van der Waals surface area (Å²) in [5.74, 6) is 0. The van der Waals surface area contributed by atoms with Gasteiger partial charge in [-0.25, -0.2) is 0 Å². The van der Waals surface area contributed by atoms with Crippen LogP contribution in [0, 0.1) is 0 Å². The highest BCUT2D eigenvalue weighted by Crippen LogP contribution is 2.44. The Labute approximate surface area is 403 Å². The SMILES string of the molecule is c1ccc(-c2ccc([Si](c3ccccc3)(c3ccccc3)c3cc(-c4ccccc4)c(-n4c5ccccc5c5c(-n6c7ccccc7c7ccccc76)cccc54)c(-c4ccccc4)c3)cc2)cc1. The van der Waals surface area contributed by atoms with Crippen molar-refractivity contribution in [3.63, 3.8) is 0 Å². The minimum absolute atomic E-state index is 1.16. The van der Waals surface area contributed by atoms with Crippen molar-refractivity contribution in [3.05, 3.63) is 279 Å². The van der Waals surface area contributed by atoms with Crippen LogP contribution in [-0.4, -0.2) is 17.2 Å². The zero-order valence-electron chi connectivity index (χ0n) is 38.0. The van der Waals surface area contributed by atoms with E-state index in [1.165, 1.54) is 86.7 Å². The standard InChI is InChI=1S/C66H46N2Si/c1-6-23-47(24-7-1)48-41-43-53(44-42-48)69(51-29-12-4-13-30-51,52-31-14-5-15-32-52)54-45-58(49-25-8-2-9-26-49)66(59(46-54)50-27-10-3-11-28-50)68-62-38-21-18-35-57(62)65-63(39-22-40-64(65)68)67-60-36-19-16-33-55(60)56-34-17-20-37-61(56)67/h1-46H. The summed E-state index contributed by atoms with van der Waals surface area (Å²) in [5.41, 5.74) is 14.2. The minimum Gasteiger partial charge on any atom is -0.309 e. The van der Waals surface area contributed by atoms with Gasteiger partial charge in [-0.15, -0.1) is 0 Å². The zero-order valence-corrected chi connectivity index (χ0v) is 39.0. The van der Waals surface area contributed by atoms with E-state index in [2.05, 4.69) is 288 Å². The first-order valence-corrected chi connectivity index (χ1v) is 25.8. The highest BCUT2D eigenvalue weighted by molar-refractivity contribution is 7.20. The molecule has 0 bridgehead atoms. The Morgan fingerprint density at radius 3 is 1.13 bits per heavy atom. The first-order valence-electron chi connectivity index (χ1n) is 23.8. The molecule has 0 saturated heterocycles. The highest BCUT2D eigenvalue weighted by atomic mass is 28.3. The van der Waals surface area contributed by atoms with Gasteiger partial charge >= 0.3 is 0 Å². The average Bonchev–Trinajstić information content (AvgIpc) is 3.95. The van der Waals surface area contributed by atoms with E-state index in [9.17, 15) is 0 Å². The number of rotatable bonds is 9. The molecule has 0 amide bonds. The molecule has 69 heavy (non-hydrogen) atoms. The normalized spacial score (nSPS) is 11.8. The lowest BCUT2D eigenvalue weighted by Crippen LogP contribution is -2.74. The molecule has 2 aromatic heterocycles. The molecule has 13 rings (SSSR count). The van der Waals surface area contributed by atoms with Gasteiger partial charge in [0.1, 0.15) is 0 Å². The molecular weight excluding hydrogens is 849 g/mol. The smallest absolute Gasteiger partial charge is 0.179 e. The lowest BCUT2D eigenvalue weighted by molar-refractivity contribution is 1.17. The summed E-state index contributed by atoms with van der Waals surface area (Å²) in [6.45, 7) is 0. The molecule has 324 valence electrons. The van der Waals surface area contributed by atoms with Crippen molar-refractivity contribution in [2.24, 2.45) is 0 Å². The van der Waals surface area contributed by atoms with Crippen molar-refractivity contribution in [3.8, 4) is 44.8 Å². The summed E-state index contributed by atoms with van der Waals surface area (Å²) in [6, 6.07) is 104. The monoisotopic (exact) mass is 894 g/mol. The maximum absolute atomic E-state index is 3.08. The van der Waals surface area contributed by atoms with E-state index in [-0.39, 0.29) is 0 Å². The van der Waals surface area contributed by atoms with E-state index >= 15 is 0 Å². The van der Waals surface area contributed by atoms with Crippen molar-refractivity contribution < 1.29 is 0 Å². The first kappa shape index (κ1) is 40.5. The predicted molar refractivity (Wildman–Crippen MR) is 295 cm³/mol. The van der Waals surface area contributed by atoms with Crippen LogP contribution in [0.25, 0.3) is 88.4 Å². The Morgan fingerprint density at radius 2 is 0.623 bits per heavy atom. The van der Waals surface area contributed by atoms with Crippen LogP contribution < -0.4 is 20.7 Å². The lowest BCUT2D eigenvalue weighted by Gasteiger charge is -2.36. The largest absolute Gasteiger partial charge is 0.309 e. The molecule has 0 saturated carbocycles. The van der Waals surface area contributed by atoms with Crippen molar-refractivity contribution in [2.75, 3.05) is 0 Å². The number of aromatic nitrogens is 2. The van der Waals surface area contributed by atoms with Crippen molar-refractivity contribution in [1.29, 1.82) is 0 Å². The number of nitrogens with zero attached hydrogens (tertiary/aromatic N) is 2. The summed E-state index contributed by atoms with van der Waals surface area (Å²) in [6.07, 6.45) is 0. The van der Waals surface area contributed by atoms with E-state index in [1.807, 2.05) is 0 Å². The number of hydrogen-bond acceptors (Lipinski definition) is 0. The highest BCUT2D eigenvalue weighted by Gasteiger charge is 2.42. The van der Waals surface area contributed by atoms with E-state index < -0.39 is 8.07 Å². The first-order chi connectivity index (χ1) is 34.3. The Hall–Kier alpha value is -8.76. The van der Waals surface area contributed by atoms with E-state index in [0.717, 1.165) is 22.4 Å². The van der Waals surface area contributed by atoms with Crippen molar-refractivity contribution in [2.45, 2.75) is 0 Å². The van der Waals surface area contributed by atoms with E-state index in [0.29, 0.717) is 0 Å². The van der Waals surface area contributed by atoms with Crippen LogP contribution in [0.2, 0.25) is 0 Å². The third kappa shape index (κ3) is 6.54. The quantitative estimate of drug-likeness (QED) is 0.101. The van der Waals surface area contributed by atoms with Crippen LogP contribution in [0.3, 0.4) is 0 Å². The lowest BCUT2D eigenvalue weighted by atomic mass is 9.95. The molecule has 3 heteroatoms. The fourth-order valence-electron chi connectivity index (χ4n) is 11.3. The second-order valence-electron chi connectivity index (χ2n) is 18.0. The van der Waals surface area contributed by atoms with Crippen molar-refractivity contribution >= 4 is 72.4 Å². The number of hydrogen-bond donors (Lipinski definition) is 0. The molecule has 0 aliphatic heterocycles. The van der Waals surface area contributed by atoms with Gasteiger partial charge in [-0.05, 0) is 73.3 Å². The average molecular weight is 895 g/mol. The molecule has 0 atom stereocenters. The zero-order chi connectivity index (χ0) is 45.7. The van der Waals surface area contributed by atoms with Crippen LogP contribution >= 0.6 is 0 Å². The molecule has 0 fully saturated rings. The Morgan fingerprint density at radius 1 is 0.246 bits per heavy atom. The van der Waals surface area contributed by atoms with Gasteiger partial charge in [0.15, 0.2) is 8.07 Å². The summed E-state index contributed by atoms with van der Waals surface area (Å²) >= 11 is 0. The molecule has 0 aliphatic rings. The van der Waals surface area contributed by atoms with E-state index in [1.54, 1.807) is 0 Å². The fraction of sp³-hybridized carbons (Fsp3) is 0. The minimum atomic E-state index is -3.08. The van der Waals surface area contributed by atoms with Gasteiger partial charge in [-0.1, -0.05) is 249 Å². The Balaban J connectivity index is 1.18. The van der Waals surface area contributed by atoms with Gasteiger partial charge in [-0.3, -0.25) is 0 Å². The van der Waals surface area contributed by atoms with Gasteiger partial charge in [0.05, 0.1) is 33.4 Å². The molecular formula is C66H46N2Si. The Bertz CT molecular complexity index is 3820. The predicted octanol–water partition coefficient (Wildman–Crippen LogP) is 14.3. The van der Waals surface area contributed by atoms with Crippen molar-refractivity contribution in [1.82, 2.24) is 9.13 Å².